The van der Waals surface area contributed by atoms with E-state index in [-0.39, 0.29) is 12.3 Å². The quantitative estimate of drug-likeness (QED) is 0.803. The first-order valence-electron chi connectivity index (χ1n) is 6.23. The number of nitrogens with zero attached hydrogens (tertiary/aromatic N) is 2. The van der Waals surface area contributed by atoms with Crippen LogP contribution >= 0.6 is 11.6 Å². The smallest absolute Gasteiger partial charge is 0.356 e. The molecule has 6 heteroatoms. The second kappa shape index (κ2) is 5.46. The van der Waals surface area contributed by atoms with Gasteiger partial charge < -0.3 is 9.84 Å². The molecule has 0 spiro atoms. The van der Waals surface area contributed by atoms with Gasteiger partial charge >= 0.3 is 5.97 Å². The Balaban J connectivity index is 1.99. The third kappa shape index (κ3) is 2.55. The fourth-order valence-electron chi connectivity index (χ4n) is 2.08. The number of halogens is 1. The molecule has 0 radical (unpaired) electrons. The van der Waals surface area contributed by atoms with E-state index >= 15 is 0 Å². The molecule has 1 N–H and O–H groups in total. The van der Waals surface area contributed by atoms with Gasteiger partial charge in [-0.1, -0.05) is 29.8 Å². The Morgan fingerprint density at radius 3 is 2.71 bits per heavy atom. The van der Waals surface area contributed by atoms with Crippen LogP contribution in [0.3, 0.4) is 0 Å². The Kier molecular flexibility index (Phi) is 3.50. The van der Waals surface area contributed by atoms with Crippen LogP contribution in [-0.2, 0) is 6.61 Å². The monoisotopic (exact) mass is 302 g/mol. The number of aromatic carboxylic acids is 1. The van der Waals surface area contributed by atoms with Gasteiger partial charge in [0.25, 0.3) is 0 Å². The molecule has 0 bridgehead atoms. The molecule has 1 aromatic carbocycles. The summed E-state index contributed by atoms with van der Waals surface area (Å²) in [5.41, 5.74) is 0.297. The molecule has 0 saturated heterocycles. The number of carboxylic acid groups (broad SMARTS) is 1. The second-order valence-electron chi connectivity index (χ2n) is 4.36. The van der Waals surface area contributed by atoms with Gasteiger partial charge in [0.15, 0.2) is 11.5 Å². The molecule has 106 valence electrons. The second-order valence-corrected chi connectivity index (χ2v) is 4.77. The van der Waals surface area contributed by atoms with Crippen LogP contribution in [0.4, 0.5) is 0 Å². The van der Waals surface area contributed by atoms with Crippen molar-refractivity contribution < 1.29 is 14.6 Å². The van der Waals surface area contributed by atoms with E-state index in [1.54, 1.807) is 22.7 Å². The Hall–Kier alpha value is -2.53. The fourth-order valence-corrected chi connectivity index (χ4v) is 2.33. The van der Waals surface area contributed by atoms with Gasteiger partial charge in [-0.3, -0.25) is 4.40 Å². The summed E-state index contributed by atoms with van der Waals surface area (Å²) in [4.78, 5) is 15.4. The summed E-state index contributed by atoms with van der Waals surface area (Å²) in [6.07, 6.45) is 1.71. The first kappa shape index (κ1) is 13.5. The third-order valence-corrected chi connectivity index (χ3v) is 3.31. The van der Waals surface area contributed by atoms with Crippen LogP contribution in [0.1, 0.15) is 16.3 Å². The molecule has 2 aromatic heterocycles. The van der Waals surface area contributed by atoms with Crippen molar-refractivity contribution in [1.82, 2.24) is 9.38 Å². The van der Waals surface area contributed by atoms with Crippen molar-refractivity contribution in [2.75, 3.05) is 0 Å². The average Bonchev–Trinajstić information content (AvgIpc) is 2.87. The van der Waals surface area contributed by atoms with E-state index in [2.05, 4.69) is 4.98 Å². The molecule has 0 fully saturated rings. The molecule has 3 aromatic rings. The van der Waals surface area contributed by atoms with E-state index in [4.69, 9.17) is 16.3 Å². The maximum absolute atomic E-state index is 11.3. The predicted octanol–water partition coefficient (Wildman–Crippen LogP) is 3.26. The van der Waals surface area contributed by atoms with E-state index in [0.29, 0.717) is 22.1 Å². The largest absolute Gasteiger partial charge is 0.486 e. The zero-order chi connectivity index (χ0) is 14.8. The third-order valence-electron chi connectivity index (χ3n) is 3.00. The number of para-hydroxylation sites is 1. The molecule has 21 heavy (non-hydrogen) atoms. The van der Waals surface area contributed by atoms with Gasteiger partial charge in [-0.2, -0.15) is 0 Å². The number of rotatable bonds is 4. The molecule has 0 aliphatic carbocycles. The van der Waals surface area contributed by atoms with Crippen molar-refractivity contribution >= 4 is 23.1 Å². The number of carbonyl (C=O) groups is 1. The highest BCUT2D eigenvalue weighted by Gasteiger charge is 2.19. The van der Waals surface area contributed by atoms with Crippen molar-refractivity contribution in [3.8, 4) is 5.75 Å². The maximum Gasteiger partial charge on any atom is 0.356 e. The Labute approximate surface area is 125 Å². The highest BCUT2D eigenvalue weighted by atomic mass is 35.5. The SMILES string of the molecule is O=C(O)c1nc(COc2ccccc2)n2cccc(Cl)c12. The molecular weight excluding hydrogens is 292 g/mol. The molecule has 0 amide bonds. The summed E-state index contributed by atoms with van der Waals surface area (Å²) >= 11 is 6.07. The van der Waals surface area contributed by atoms with Crippen molar-refractivity contribution in [2.24, 2.45) is 0 Å². The van der Waals surface area contributed by atoms with Crippen LogP contribution in [0, 0.1) is 0 Å². The van der Waals surface area contributed by atoms with Crippen LogP contribution in [0.2, 0.25) is 5.02 Å². The van der Waals surface area contributed by atoms with Crippen LogP contribution in [0.25, 0.3) is 5.52 Å². The van der Waals surface area contributed by atoms with Gasteiger partial charge in [-0.05, 0) is 24.3 Å². The highest BCUT2D eigenvalue weighted by molar-refractivity contribution is 6.34. The van der Waals surface area contributed by atoms with Gasteiger partial charge in [0, 0.05) is 6.20 Å². The molecule has 0 atom stereocenters. The minimum atomic E-state index is -1.12. The number of hydrogen-bond donors (Lipinski definition) is 1. The fraction of sp³-hybridized carbons (Fsp3) is 0.0667. The van der Waals surface area contributed by atoms with E-state index in [0.717, 1.165) is 0 Å². The average molecular weight is 303 g/mol. The Morgan fingerprint density at radius 1 is 1.24 bits per heavy atom. The molecule has 0 aliphatic heterocycles. The number of ether oxygens (including phenoxy) is 1. The number of pyridine rings is 1. The van der Waals surface area contributed by atoms with Crippen molar-refractivity contribution in [1.29, 1.82) is 0 Å². The number of fused-ring (bicyclic) bond motifs is 1. The lowest BCUT2D eigenvalue weighted by molar-refractivity contribution is 0.0693. The van der Waals surface area contributed by atoms with Crippen molar-refractivity contribution in [3.05, 3.63) is 65.2 Å². The molecule has 5 nitrogen and oxygen atoms in total. The zero-order valence-corrected chi connectivity index (χ0v) is 11.6. The normalized spacial score (nSPS) is 10.7. The molecule has 0 unspecified atom stereocenters. The molecule has 0 aliphatic rings. The van der Waals surface area contributed by atoms with Crippen LogP contribution < -0.4 is 4.74 Å². The molecule has 3 rings (SSSR count). The number of hydrogen-bond acceptors (Lipinski definition) is 3. The van der Waals surface area contributed by atoms with E-state index in [1.165, 1.54) is 0 Å². The van der Waals surface area contributed by atoms with Crippen molar-refractivity contribution in [2.45, 2.75) is 6.61 Å². The summed E-state index contributed by atoms with van der Waals surface area (Å²) < 4.78 is 7.25. The Morgan fingerprint density at radius 2 is 2.00 bits per heavy atom. The summed E-state index contributed by atoms with van der Waals surface area (Å²) in [5, 5.41) is 9.57. The Bertz CT molecular complexity index is 799. The maximum atomic E-state index is 11.3. The lowest BCUT2D eigenvalue weighted by Gasteiger charge is -2.05. The number of carboxylic acids is 1. The van der Waals surface area contributed by atoms with E-state index < -0.39 is 5.97 Å². The minimum Gasteiger partial charge on any atom is -0.486 e. The molecule has 0 saturated carbocycles. The number of aromatic nitrogens is 2. The van der Waals surface area contributed by atoms with Gasteiger partial charge in [-0.25, -0.2) is 9.78 Å². The van der Waals surface area contributed by atoms with Crippen LogP contribution in [-0.4, -0.2) is 20.5 Å². The van der Waals surface area contributed by atoms with Gasteiger partial charge in [0.2, 0.25) is 0 Å². The summed E-state index contributed by atoms with van der Waals surface area (Å²) in [6.45, 7) is 0.152. The first-order valence-corrected chi connectivity index (χ1v) is 6.61. The summed E-state index contributed by atoms with van der Waals surface area (Å²) in [7, 11) is 0. The highest BCUT2D eigenvalue weighted by Crippen LogP contribution is 2.23. The van der Waals surface area contributed by atoms with Gasteiger partial charge in [0.1, 0.15) is 12.4 Å². The van der Waals surface area contributed by atoms with Crippen LogP contribution in [0.5, 0.6) is 5.75 Å². The topological polar surface area (TPSA) is 63.8 Å². The van der Waals surface area contributed by atoms with Gasteiger partial charge in [-0.15, -0.1) is 0 Å². The number of imidazole rings is 1. The first-order chi connectivity index (χ1) is 10.2. The lowest BCUT2D eigenvalue weighted by Crippen LogP contribution is -2.01. The van der Waals surface area contributed by atoms with Crippen LogP contribution in [0.15, 0.2) is 48.7 Å². The minimum absolute atomic E-state index is 0.0766. The lowest BCUT2D eigenvalue weighted by atomic mass is 10.3. The molecular formula is C15H11ClN2O3. The van der Waals surface area contributed by atoms with Crippen molar-refractivity contribution in [3.63, 3.8) is 0 Å². The summed E-state index contributed by atoms with van der Waals surface area (Å²) in [5.74, 6) is 0.0495. The van der Waals surface area contributed by atoms with Gasteiger partial charge in [0.05, 0.1) is 10.5 Å². The number of benzene rings is 1. The standard InChI is InChI=1S/C15H11ClN2O3/c16-11-7-4-8-18-12(17-13(14(11)18)15(19)20)9-21-10-5-2-1-3-6-10/h1-8H,9H2,(H,19,20). The summed E-state index contributed by atoms with van der Waals surface area (Å²) in [6, 6.07) is 12.6. The predicted molar refractivity (Wildman–Crippen MR) is 77.9 cm³/mol. The van der Waals surface area contributed by atoms with E-state index in [1.807, 2.05) is 30.3 Å². The van der Waals surface area contributed by atoms with E-state index in [9.17, 15) is 9.90 Å². The molecule has 2 heterocycles. The zero-order valence-electron chi connectivity index (χ0n) is 10.9.